The minimum Gasteiger partial charge on any atom is -0.309 e. The highest BCUT2D eigenvalue weighted by Crippen LogP contribution is 2.09. The van der Waals surface area contributed by atoms with Crippen LogP contribution in [0.2, 0.25) is 0 Å². The Labute approximate surface area is 82.7 Å². The molecule has 2 heteroatoms. The predicted octanol–water partition coefficient (Wildman–Crippen LogP) is 1.71. The second kappa shape index (κ2) is 4.97. The Morgan fingerprint density at radius 1 is 1.31 bits per heavy atom. The van der Waals surface area contributed by atoms with E-state index >= 15 is 0 Å². The first kappa shape index (κ1) is 11.0. The van der Waals surface area contributed by atoms with E-state index in [2.05, 4.69) is 37.9 Å². The van der Waals surface area contributed by atoms with Crippen molar-refractivity contribution in [3.05, 3.63) is 0 Å². The van der Waals surface area contributed by atoms with Gasteiger partial charge in [0, 0.05) is 31.7 Å². The van der Waals surface area contributed by atoms with Crippen LogP contribution >= 0.6 is 0 Å². The van der Waals surface area contributed by atoms with Crippen LogP contribution in [-0.2, 0) is 0 Å². The van der Waals surface area contributed by atoms with E-state index in [0.29, 0.717) is 12.1 Å². The van der Waals surface area contributed by atoms with Crippen molar-refractivity contribution in [3.63, 3.8) is 0 Å². The van der Waals surface area contributed by atoms with Gasteiger partial charge in [0.05, 0.1) is 0 Å². The Morgan fingerprint density at radius 3 is 2.31 bits per heavy atom. The summed E-state index contributed by atoms with van der Waals surface area (Å²) in [6.07, 6.45) is 1.30. The minimum atomic E-state index is 0.660. The summed E-state index contributed by atoms with van der Waals surface area (Å²) in [5.41, 5.74) is 0. The van der Waals surface area contributed by atoms with Crippen LogP contribution in [0.4, 0.5) is 0 Å². The Bertz CT molecular complexity index is 137. The van der Waals surface area contributed by atoms with Crippen molar-refractivity contribution in [2.45, 2.75) is 46.2 Å². The van der Waals surface area contributed by atoms with Gasteiger partial charge >= 0.3 is 0 Å². The van der Waals surface area contributed by atoms with Gasteiger partial charge in [0.25, 0.3) is 0 Å². The maximum Gasteiger partial charge on any atom is 0.0169 e. The molecule has 1 unspecified atom stereocenters. The Kier molecular flexibility index (Phi) is 4.20. The number of nitrogens with zero attached hydrogens (tertiary/aromatic N) is 1. The Hall–Kier alpha value is -0.0800. The summed E-state index contributed by atoms with van der Waals surface area (Å²) >= 11 is 0. The minimum absolute atomic E-state index is 0.660. The second-order valence-electron chi connectivity index (χ2n) is 4.70. The van der Waals surface area contributed by atoms with Gasteiger partial charge in [-0.25, -0.2) is 0 Å². The summed E-state index contributed by atoms with van der Waals surface area (Å²) in [5.74, 6) is 0.845. The number of rotatable bonds is 3. The maximum absolute atomic E-state index is 3.56. The van der Waals surface area contributed by atoms with Crippen LogP contribution in [-0.4, -0.2) is 36.6 Å². The molecule has 1 N–H and O–H groups in total. The van der Waals surface area contributed by atoms with Crippen LogP contribution in [0.3, 0.4) is 0 Å². The fourth-order valence-corrected chi connectivity index (χ4v) is 2.16. The average molecular weight is 184 g/mol. The van der Waals surface area contributed by atoms with Crippen molar-refractivity contribution in [3.8, 4) is 0 Å². The zero-order chi connectivity index (χ0) is 9.84. The lowest BCUT2D eigenvalue weighted by molar-refractivity contribution is 0.153. The lowest BCUT2D eigenvalue weighted by atomic mass is 10.1. The topological polar surface area (TPSA) is 15.3 Å². The number of hydrogen-bond acceptors (Lipinski definition) is 2. The molecule has 1 aliphatic heterocycles. The second-order valence-corrected chi connectivity index (χ2v) is 4.70. The van der Waals surface area contributed by atoms with Crippen molar-refractivity contribution in [2.75, 3.05) is 19.6 Å². The molecular formula is C11H24N2. The zero-order valence-electron chi connectivity index (χ0n) is 9.51. The third-order valence-electron chi connectivity index (χ3n) is 2.90. The molecule has 0 aliphatic carbocycles. The molecule has 13 heavy (non-hydrogen) atoms. The normalized spacial score (nSPS) is 33.2. The van der Waals surface area contributed by atoms with Gasteiger partial charge in [0.15, 0.2) is 0 Å². The molecule has 0 aromatic carbocycles. The van der Waals surface area contributed by atoms with Crippen LogP contribution < -0.4 is 5.32 Å². The first-order valence-corrected chi connectivity index (χ1v) is 5.60. The molecule has 3 atom stereocenters. The molecule has 0 radical (unpaired) electrons. The summed E-state index contributed by atoms with van der Waals surface area (Å²) in [5, 5.41) is 3.56. The fourth-order valence-electron chi connectivity index (χ4n) is 2.16. The molecule has 2 nitrogen and oxygen atoms in total. The van der Waals surface area contributed by atoms with Crippen molar-refractivity contribution >= 4 is 0 Å². The van der Waals surface area contributed by atoms with Gasteiger partial charge in [-0.15, -0.1) is 0 Å². The third-order valence-corrected chi connectivity index (χ3v) is 2.90. The number of nitrogens with one attached hydrogen (secondary N) is 1. The predicted molar refractivity (Wildman–Crippen MR) is 58.0 cm³/mol. The van der Waals surface area contributed by atoms with E-state index in [1.54, 1.807) is 0 Å². The summed E-state index contributed by atoms with van der Waals surface area (Å²) in [6.45, 7) is 12.9. The third kappa shape index (κ3) is 3.65. The van der Waals surface area contributed by atoms with Gasteiger partial charge in [-0.1, -0.05) is 20.3 Å². The smallest absolute Gasteiger partial charge is 0.0169 e. The summed E-state index contributed by atoms with van der Waals surface area (Å²) < 4.78 is 0. The van der Waals surface area contributed by atoms with E-state index in [1.165, 1.54) is 26.1 Å². The number of hydrogen-bond donors (Lipinski definition) is 1. The highest BCUT2D eigenvalue weighted by Gasteiger charge is 2.21. The Balaban J connectivity index is 2.32. The van der Waals surface area contributed by atoms with Gasteiger partial charge in [-0.3, -0.25) is 0 Å². The first-order valence-electron chi connectivity index (χ1n) is 5.60. The summed E-state index contributed by atoms with van der Waals surface area (Å²) in [6, 6.07) is 1.32. The molecule has 0 bridgehead atoms. The van der Waals surface area contributed by atoms with E-state index in [0.717, 1.165) is 5.92 Å². The van der Waals surface area contributed by atoms with Crippen molar-refractivity contribution in [2.24, 2.45) is 5.92 Å². The van der Waals surface area contributed by atoms with Crippen molar-refractivity contribution in [1.82, 2.24) is 10.2 Å². The molecule has 0 aromatic heterocycles. The molecule has 0 aromatic rings. The molecule has 0 amide bonds. The van der Waals surface area contributed by atoms with E-state index in [1.807, 2.05) is 0 Å². The van der Waals surface area contributed by atoms with E-state index in [-0.39, 0.29) is 0 Å². The SMILES string of the molecule is CCC(C)CN1C[C@@H](C)N[C@@H](C)C1. The monoisotopic (exact) mass is 184 g/mol. The van der Waals surface area contributed by atoms with Crippen LogP contribution in [0, 0.1) is 5.92 Å². The van der Waals surface area contributed by atoms with E-state index < -0.39 is 0 Å². The van der Waals surface area contributed by atoms with Crippen LogP contribution in [0.1, 0.15) is 34.1 Å². The van der Waals surface area contributed by atoms with Crippen molar-refractivity contribution < 1.29 is 0 Å². The highest BCUT2D eigenvalue weighted by atomic mass is 15.2. The lowest BCUT2D eigenvalue weighted by Crippen LogP contribution is -2.54. The van der Waals surface area contributed by atoms with Gasteiger partial charge in [0.1, 0.15) is 0 Å². The van der Waals surface area contributed by atoms with Crippen LogP contribution in [0.5, 0.6) is 0 Å². The standard InChI is InChI=1S/C11H24N2/c1-5-9(2)6-13-7-10(3)12-11(4)8-13/h9-12H,5-8H2,1-4H3/t9?,10-,11+. The molecule has 1 aliphatic rings. The van der Waals surface area contributed by atoms with E-state index in [4.69, 9.17) is 0 Å². The lowest BCUT2D eigenvalue weighted by Gasteiger charge is -2.37. The molecule has 78 valence electrons. The van der Waals surface area contributed by atoms with Gasteiger partial charge in [-0.2, -0.15) is 0 Å². The number of piperazine rings is 1. The first-order chi connectivity index (χ1) is 6.11. The molecule has 1 saturated heterocycles. The fraction of sp³-hybridized carbons (Fsp3) is 1.00. The van der Waals surface area contributed by atoms with Gasteiger partial charge < -0.3 is 10.2 Å². The van der Waals surface area contributed by atoms with Gasteiger partial charge in [-0.05, 0) is 19.8 Å². The van der Waals surface area contributed by atoms with E-state index in [9.17, 15) is 0 Å². The Morgan fingerprint density at radius 2 is 1.85 bits per heavy atom. The van der Waals surface area contributed by atoms with Crippen molar-refractivity contribution in [1.29, 1.82) is 0 Å². The molecule has 0 saturated carbocycles. The molecule has 1 heterocycles. The average Bonchev–Trinajstić information content (AvgIpc) is 2.02. The largest absolute Gasteiger partial charge is 0.309 e. The molecule has 0 spiro atoms. The van der Waals surface area contributed by atoms with Gasteiger partial charge in [0.2, 0.25) is 0 Å². The highest BCUT2D eigenvalue weighted by molar-refractivity contribution is 4.81. The quantitative estimate of drug-likeness (QED) is 0.718. The zero-order valence-corrected chi connectivity index (χ0v) is 9.51. The van der Waals surface area contributed by atoms with Crippen LogP contribution in [0.15, 0.2) is 0 Å². The van der Waals surface area contributed by atoms with Crippen LogP contribution in [0.25, 0.3) is 0 Å². The maximum atomic E-state index is 3.56. The molecule has 1 fully saturated rings. The summed E-state index contributed by atoms with van der Waals surface area (Å²) in [7, 11) is 0. The summed E-state index contributed by atoms with van der Waals surface area (Å²) in [4.78, 5) is 2.60. The molecule has 1 rings (SSSR count). The molecular weight excluding hydrogens is 160 g/mol.